The molecule has 0 unspecified atom stereocenters. The third kappa shape index (κ3) is 11.1. The number of benzene rings is 2. The van der Waals surface area contributed by atoms with Crippen LogP contribution in [-0.2, 0) is 4.79 Å². The minimum Gasteiger partial charge on any atom is -0.480 e. The highest BCUT2D eigenvalue weighted by Crippen LogP contribution is 2.29. The summed E-state index contributed by atoms with van der Waals surface area (Å²) >= 11 is 11.7. The fraction of sp³-hybridized carbons (Fsp3) is 0.364. The first-order chi connectivity index (χ1) is 14.8. The van der Waals surface area contributed by atoms with Gasteiger partial charge in [-0.05, 0) is 37.1 Å². The standard InChI is InChI=1S/C13H8Cl2O2.C6H13N.C3H8N2O2/c14-12-5-4-11(7-13(12)15)17-10-3-1-2-9(6-10)8-16;7-6-4-2-1-3-5-6;4-1-2(5)3(6)7/h1-8H;6H,1-5,7H2;2H,1,4-5H2,(H,6,7)/t;;2-/m..0/s1. The molecule has 0 saturated heterocycles. The molecule has 1 aliphatic carbocycles. The van der Waals surface area contributed by atoms with Gasteiger partial charge in [0, 0.05) is 24.2 Å². The molecule has 1 saturated carbocycles. The maximum absolute atomic E-state index is 10.6. The van der Waals surface area contributed by atoms with Crippen molar-refractivity contribution in [3.63, 3.8) is 0 Å². The summed E-state index contributed by atoms with van der Waals surface area (Å²) in [5, 5.41) is 8.88. The van der Waals surface area contributed by atoms with Gasteiger partial charge in [-0.3, -0.25) is 9.59 Å². The second-order valence-electron chi connectivity index (χ2n) is 6.95. The van der Waals surface area contributed by atoms with Gasteiger partial charge in [0.1, 0.15) is 23.8 Å². The molecule has 7 nitrogen and oxygen atoms in total. The van der Waals surface area contributed by atoms with E-state index < -0.39 is 12.0 Å². The predicted octanol–water partition coefficient (Wildman–Crippen LogP) is 4.23. The van der Waals surface area contributed by atoms with Crippen LogP contribution in [0.2, 0.25) is 10.0 Å². The SMILES string of the molecule is NC1CCCCC1.NC[C@H](N)C(=O)O.O=Cc1cccc(Oc2ccc(Cl)c(Cl)c2)c1. The molecule has 0 bridgehead atoms. The van der Waals surface area contributed by atoms with Gasteiger partial charge in [-0.25, -0.2) is 0 Å². The van der Waals surface area contributed by atoms with Crippen LogP contribution in [0.15, 0.2) is 42.5 Å². The van der Waals surface area contributed by atoms with Gasteiger partial charge in [-0.2, -0.15) is 0 Å². The number of ether oxygens (including phenoxy) is 1. The third-order valence-corrected chi connectivity index (χ3v) is 5.08. The van der Waals surface area contributed by atoms with Gasteiger partial charge in [0.15, 0.2) is 0 Å². The fourth-order valence-electron chi connectivity index (χ4n) is 2.56. The first-order valence-electron chi connectivity index (χ1n) is 9.89. The molecule has 0 radical (unpaired) electrons. The van der Waals surface area contributed by atoms with Gasteiger partial charge < -0.3 is 27.0 Å². The van der Waals surface area contributed by atoms with Crippen molar-refractivity contribution in [3.8, 4) is 11.5 Å². The summed E-state index contributed by atoms with van der Waals surface area (Å²) in [5.74, 6) is 0.0953. The normalized spacial score (nSPS) is 14.2. The summed E-state index contributed by atoms with van der Waals surface area (Å²) in [7, 11) is 0. The van der Waals surface area contributed by atoms with E-state index in [0.717, 1.165) is 6.29 Å². The number of halogens is 2. The van der Waals surface area contributed by atoms with Crippen LogP contribution < -0.4 is 21.9 Å². The lowest BCUT2D eigenvalue weighted by molar-refractivity contribution is -0.138. The predicted molar refractivity (Wildman–Crippen MR) is 124 cm³/mol. The largest absolute Gasteiger partial charge is 0.480 e. The Morgan fingerprint density at radius 3 is 2.19 bits per heavy atom. The van der Waals surface area contributed by atoms with E-state index in [1.807, 2.05) is 0 Å². The van der Waals surface area contributed by atoms with Crippen LogP contribution in [0.1, 0.15) is 42.5 Å². The van der Waals surface area contributed by atoms with Gasteiger partial charge in [-0.1, -0.05) is 54.6 Å². The topological polar surface area (TPSA) is 142 Å². The zero-order valence-electron chi connectivity index (χ0n) is 17.2. The molecule has 170 valence electrons. The summed E-state index contributed by atoms with van der Waals surface area (Å²) < 4.78 is 5.55. The summed E-state index contributed by atoms with van der Waals surface area (Å²) in [5.41, 5.74) is 16.0. The summed E-state index contributed by atoms with van der Waals surface area (Å²) in [6, 6.07) is 11.5. The van der Waals surface area contributed by atoms with E-state index in [9.17, 15) is 9.59 Å². The first-order valence-corrected chi connectivity index (χ1v) is 10.6. The highest BCUT2D eigenvalue weighted by atomic mass is 35.5. The number of nitrogens with two attached hydrogens (primary N) is 3. The Morgan fingerprint density at radius 1 is 1.10 bits per heavy atom. The Labute approximate surface area is 192 Å². The van der Waals surface area contributed by atoms with Crippen molar-refractivity contribution in [2.24, 2.45) is 17.2 Å². The van der Waals surface area contributed by atoms with Crippen LogP contribution in [-0.4, -0.2) is 36.0 Å². The first kappa shape index (κ1) is 26.9. The molecule has 9 heteroatoms. The Morgan fingerprint density at radius 2 is 1.74 bits per heavy atom. The van der Waals surface area contributed by atoms with Gasteiger partial charge in [0.05, 0.1) is 10.0 Å². The minimum atomic E-state index is -1.05. The van der Waals surface area contributed by atoms with Crippen LogP contribution in [0.5, 0.6) is 11.5 Å². The number of hydrogen-bond acceptors (Lipinski definition) is 6. The Kier molecular flexibility index (Phi) is 12.8. The molecule has 2 aromatic rings. The van der Waals surface area contributed by atoms with E-state index in [1.165, 1.54) is 32.1 Å². The van der Waals surface area contributed by atoms with E-state index >= 15 is 0 Å². The monoisotopic (exact) mass is 469 g/mol. The number of carbonyl (C=O) groups is 2. The maximum atomic E-state index is 10.6. The minimum absolute atomic E-state index is 0.00463. The molecule has 31 heavy (non-hydrogen) atoms. The Hall–Kier alpha value is -2.16. The molecule has 0 aliphatic heterocycles. The third-order valence-electron chi connectivity index (χ3n) is 4.34. The van der Waals surface area contributed by atoms with Crippen molar-refractivity contribution in [2.75, 3.05) is 6.54 Å². The number of carboxylic acids is 1. The lowest BCUT2D eigenvalue weighted by atomic mass is 9.97. The zero-order valence-corrected chi connectivity index (χ0v) is 18.7. The van der Waals surface area contributed by atoms with Crippen LogP contribution in [0, 0.1) is 0 Å². The highest BCUT2D eigenvalue weighted by molar-refractivity contribution is 6.42. The van der Waals surface area contributed by atoms with Crippen LogP contribution in [0.4, 0.5) is 0 Å². The summed E-state index contributed by atoms with van der Waals surface area (Å²) in [4.78, 5) is 20.3. The van der Waals surface area contributed by atoms with E-state index in [2.05, 4.69) is 0 Å². The zero-order chi connectivity index (χ0) is 23.2. The average Bonchev–Trinajstić information content (AvgIpc) is 2.77. The lowest BCUT2D eigenvalue weighted by Crippen LogP contribution is -2.37. The van der Waals surface area contributed by atoms with Crippen molar-refractivity contribution >= 4 is 35.5 Å². The van der Waals surface area contributed by atoms with Crippen molar-refractivity contribution in [3.05, 3.63) is 58.1 Å². The van der Waals surface area contributed by atoms with Gasteiger partial charge in [0.25, 0.3) is 0 Å². The lowest BCUT2D eigenvalue weighted by Gasteiger charge is -2.15. The molecule has 0 amide bonds. The van der Waals surface area contributed by atoms with Gasteiger partial charge >= 0.3 is 5.97 Å². The van der Waals surface area contributed by atoms with Crippen molar-refractivity contribution in [1.29, 1.82) is 0 Å². The Balaban J connectivity index is 0.000000283. The van der Waals surface area contributed by atoms with E-state index in [1.54, 1.807) is 42.5 Å². The second-order valence-corrected chi connectivity index (χ2v) is 7.76. The fourth-order valence-corrected chi connectivity index (χ4v) is 2.85. The van der Waals surface area contributed by atoms with Crippen LogP contribution >= 0.6 is 23.2 Å². The molecule has 2 aromatic carbocycles. The van der Waals surface area contributed by atoms with Crippen molar-refractivity contribution in [2.45, 2.75) is 44.2 Å². The van der Waals surface area contributed by atoms with Gasteiger partial charge in [-0.15, -0.1) is 0 Å². The Bertz CT molecular complexity index is 830. The van der Waals surface area contributed by atoms with E-state index in [0.29, 0.717) is 33.1 Å². The number of carbonyl (C=O) groups excluding carboxylic acids is 1. The second kappa shape index (κ2) is 14.8. The number of rotatable bonds is 5. The number of aldehydes is 1. The number of aliphatic carboxylic acids is 1. The molecule has 1 fully saturated rings. The molecule has 0 aromatic heterocycles. The smallest absolute Gasteiger partial charge is 0.321 e. The number of hydrogen-bond donors (Lipinski definition) is 4. The molecule has 0 spiro atoms. The number of carboxylic acid groups (broad SMARTS) is 1. The molecular weight excluding hydrogens is 441 g/mol. The highest BCUT2D eigenvalue weighted by Gasteiger charge is 2.07. The van der Waals surface area contributed by atoms with Crippen LogP contribution in [0.25, 0.3) is 0 Å². The molecule has 1 aliphatic rings. The van der Waals surface area contributed by atoms with E-state index in [-0.39, 0.29) is 6.54 Å². The van der Waals surface area contributed by atoms with Crippen LogP contribution in [0.3, 0.4) is 0 Å². The van der Waals surface area contributed by atoms with Crippen molar-refractivity contribution < 1.29 is 19.4 Å². The average molecular weight is 470 g/mol. The molecule has 7 N–H and O–H groups in total. The summed E-state index contributed by atoms with van der Waals surface area (Å²) in [6.45, 7) is -0.00463. The van der Waals surface area contributed by atoms with E-state index in [4.69, 9.17) is 50.2 Å². The molecular formula is C22H29Cl2N3O4. The molecule has 3 rings (SSSR count). The molecule has 1 atom stereocenters. The van der Waals surface area contributed by atoms with Crippen molar-refractivity contribution in [1.82, 2.24) is 0 Å². The maximum Gasteiger partial charge on any atom is 0.321 e. The quantitative estimate of drug-likeness (QED) is 0.479. The van der Waals surface area contributed by atoms with Gasteiger partial charge in [0.2, 0.25) is 0 Å². The summed E-state index contributed by atoms with van der Waals surface area (Å²) in [6.07, 6.45) is 7.43. The molecule has 0 heterocycles.